The average Bonchev–Trinajstić information content (AvgIpc) is 3.21. The van der Waals surface area contributed by atoms with E-state index in [9.17, 15) is 9.59 Å². The molecule has 0 spiro atoms. The van der Waals surface area contributed by atoms with Gasteiger partial charge in [-0.15, -0.1) is 0 Å². The number of anilines is 1. The van der Waals surface area contributed by atoms with Crippen molar-refractivity contribution in [3.63, 3.8) is 0 Å². The number of nitrogens with zero attached hydrogens (tertiary/aromatic N) is 1. The van der Waals surface area contributed by atoms with Crippen molar-refractivity contribution < 1.29 is 18.7 Å². The molecule has 7 heteroatoms. The van der Waals surface area contributed by atoms with Crippen molar-refractivity contribution in [3.8, 4) is 6.07 Å². The van der Waals surface area contributed by atoms with Gasteiger partial charge in [0.25, 0.3) is 5.91 Å². The number of ether oxygens (including phenoxy) is 1. The van der Waals surface area contributed by atoms with Crippen LogP contribution in [0.25, 0.3) is 11.0 Å². The summed E-state index contributed by atoms with van der Waals surface area (Å²) in [6.07, 6.45) is 6.20. The van der Waals surface area contributed by atoms with Gasteiger partial charge in [0.1, 0.15) is 11.7 Å². The molecule has 1 aliphatic rings. The Balaban J connectivity index is 1.44. The molecule has 1 fully saturated rings. The van der Waals surface area contributed by atoms with E-state index in [-0.39, 0.29) is 5.76 Å². The molecule has 0 saturated heterocycles. The highest BCUT2D eigenvalue weighted by Crippen LogP contribution is 2.35. The third-order valence-electron chi connectivity index (χ3n) is 5.56. The SMILES string of the molecule is N#Cc1ccccc1NC(=O)COC(=O)c1oc2ccccc2c1CSC1CCCCC1. The van der Waals surface area contributed by atoms with E-state index in [2.05, 4.69) is 5.32 Å². The second kappa shape index (κ2) is 10.4. The van der Waals surface area contributed by atoms with E-state index < -0.39 is 18.5 Å². The normalized spacial score (nSPS) is 14.1. The van der Waals surface area contributed by atoms with Gasteiger partial charge < -0.3 is 14.5 Å². The zero-order valence-corrected chi connectivity index (χ0v) is 18.5. The Morgan fingerprint density at radius 1 is 1.09 bits per heavy atom. The molecule has 1 saturated carbocycles. The Morgan fingerprint density at radius 3 is 2.66 bits per heavy atom. The quantitative estimate of drug-likeness (QED) is 0.469. The summed E-state index contributed by atoms with van der Waals surface area (Å²) in [4.78, 5) is 25.1. The monoisotopic (exact) mass is 448 g/mol. The van der Waals surface area contributed by atoms with Crippen LogP contribution in [0.3, 0.4) is 0 Å². The highest BCUT2D eigenvalue weighted by molar-refractivity contribution is 7.99. The van der Waals surface area contributed by atoms with Crippen LogP contribution in [0.1, 0.15) is 53.8 Å². The van der Waals surface area contributed by atoms with Gasteiger partial charge in [-0.2, -0.15) is 17.0 Å². The Bertz CT molecular complexity index is 1160. The molecule has 0 unspecified atom stereocenters. The zero-order valence-electron chi connectivity index (χ0n) is 17.6. The molecule has 3 aromatic rings. The maximum Gasteiger partial charge on any atom is 0.375 e. The fourth-order valence-electron chi connectivity index (χ4n) is 3.91. The number of nitriles is 1. The van der Waals surface area contributed by atoms with Gasteiger partial charge in [-0.3, -0.25) is 4.79 Å². The summed E-state index contributed by atoms with van der Waals surface area (Å²) in [7, 11) is 0. The van der Waals surface area contributed by atoms with Crippen molar-refractivity contribution in [1.29, 1.82) is 5.26 Å². The fraction of sp³-hybridized carbons (Fsp3) is 0.320. The molecular weight excluding hydrogens is 424 g/mol. The van der Waals surface area contributed by atoms with Crippen LogP contribution in [0.2, 0.25) is 0 Å². The Morgan fingerprint density at radius 2 is 1.84 bits per heavy atom. The number of hydrogen-bond donors (Lipinski definition) is 1. The van der Waals surface area contributed by atoms with Crippen LogP contribution in [0.4, 0.5) is 5.69 Å². The molecular formula is C25H24N2O4S. The predicted octanol–water partition coefficient (Wildman–Crippen LogP) is 5.67. The standard InChI is InChI=1S/C25H24N2O4S/c26-14-17-8-4-6-12-21(17)27-23(28)15-30-25(29)24-20(16-32-18-9-2-1-3-10-18)19-11-5-7-13-22(19)31-24/h4-8,11-13,18H,1-3,9-10,15-16H2,(H,27,28). The lowest BCUT2D eigenvalue weighted by molar-refractivity contribution is -0.119. The number of rotatable bonds is 7. The third kappa shape index (κ3) is 5.14. The van der Waals surface area contributed by atoms with Gasteiger partial charge in [0.2, 0.25) is 5.76 Å². The fourth-order valence-corrected chi connectivity index (χ4v) is 5.27. The molecule has 32 heavy (non-hydrogen) atoms. The first kappa shape index (κ1) is 22.0. The van der Waals surface area contributed by atoms with Crippen LogP contribution in [-0.4, -0.2) is 23.7 Å². The number of furan rings is 1. The maximum atomic E-state index is 12.8. The van der Waals surface area contributed by atoms with E-state index in [4.69, 9.17) is 14.4 Å². The Kier molecular flexibility index (Phi) is 7.13. The van der Waals surface area contributed by atoms with Crippen LogP contribution in [0, 0.1) is 11.3 Å². The van der Waals surface area contributed by atoms with Crippen LogP contribution >= 0.6 is 11.8 Å². The van der Waals surface area contributed by atoms with E-state index >= 15 is 0 Å². The first-order valence-electron chi connectivity index (χ1n) is 10.7. The number of esters is 1. The Hall–Kier alpha value is -3.24. The van der Waals surface area contributed by atoms with E-state index in [0.29, 0.717) is 27.8 Å². The molecule has 0 atom stereocenters. The molecule has 6 nitrogen and oxygen atoms in total. The van der Waals surface area contributed by atoms with E-state index in [1.807, 2.05) is 42.1 Å². The summed E-state index contributed by atoms with van der Waals surface area (Å²) < 4.78 is 11.1. The van der Waals surface area contributed by atoms with Gasteiger partial charge in [0.15, 0.2) is 6.61 Å². The summed E-state index contributed by atoms with van der Waals surface area (Å²) >= 11 is 1.85. The first-order chi connectivity index (χ1) is 15.7. The summed E-state index contributed by atoms with van der Waals surface area (Å²) in [6, 6.07) is 16.2. The molecule has 2 aromatic carbocycles. The molecule has 0 radical (unpaired) electrons. The van der Waals surface area contributed by atoms with Gasteiger partial charge >= 0.3 is 5.97 Å². The van der Waals surface area contributed by atoms with Crippen LogP contribution in [-0.2, 0) is 15.3 Å². The summed E-state index contributed by atoms with van der Waals surface area (Å²) in [5.41, 5.74) is 2.17. The molecule has 4 rings (SSSR count). The maximum absolute atomic E-state index is 12.8. The number of hydrogen-bond acceptors (Lipinski definition) is 6. The number of thioether (sulfide) groups is 1. The zero-order chi connectivity index (χ0) is 22.3. The number of carbonyl (C=O) groups excluding carboxylic acids is 2. The number of fused-ring (bicyclic) bond motifs is 1. The van der Waals surface area contributed by atoms with Crippen molar-refractivity contribution in [3.05, 3.63) is 65.4 Å². The molecule has 1 aliphatic carbocycles. The van der Waals surface area contributed by atoms with Crippen molar-refractivity contribution in [2.45, 2.75) is 43.1 Å². The van der Waals surface area contributed by atoms with Gasteiger partial charge in [-0.05, 0) is 31.0 Å². The summed E-state index contributed by atoms with van der Waals surface area (Å²) in [5.74, 6) is -0.368. The average molecular weight is 449 g/mol. The van der Waals surface area contributed by atoms with Crippen LogP contribution in [0.15, 0.2) is 52.9 Å². The van der Waals surface area contributed by atoms with Crippen molar-refractivity contribution >= 4 is 40.3 Å². The Labute approximate surface area is 190 Å². The largest absolute Gasteiger partial charge is 0.450 e. The number of amides is 1. The lowest BCUT2D eigenvalue weighted by Crippen LogP contribution is -2.21. The van der Waals surface area contributed by atoms with Gasteiger partial charge in [0.05, 0.1) is 11.3 Å². The molecule has 0 bridgehead atoms. The highest BCUT2D eigenvalue weighted by Gasteiger charge is 2.24. The van der Waals surface area contributed by atoms with E-state index in [1.54, 1.807) is 24.3 Å². The van der Waals surface area contributed by atoms with Gasteiger partial charge in [0, 0.05) is 22.0 Å². The van der Waals surface area contributed by atoms with Gasteiger partial charge in [-0.25, -0.2) is 4.79 Å². The minimum atomic E-state index is -0.663. The van der Waals surface area contributed by atoms with Gasteiger partial charge in [-0.1, -0.05) is 49.6 Å². The predicted molar refractivity (Wildman–Crippen MR) is 124 cm³/mol. The number of para-hydroxylation sites is 2. The lowest BCUT2D eigenvalue weighted by atomic mass is 10.0. The highest BCUT2D eigenvalue weighted by atomic mass is 32.2. The summed E-state index contributed by atoms with van der Waals surface area (Å²) in [5, 5.41) is 13.2. The van der Waals surface area contributed by atoms with Crippen LogP contribution in [0.5, 0.6) is 0 Å². The molecule has 1 N–H and O–H groups in total. The van der Waals surface area contributed by atoms with Crippen molar-refractivity contribution in [2.24, 2.45) is 0 Å². The lowest BCUT2D eigenvalue weighted by Gasteiger charge is -2.20. The number of benzene rings is 2. The van der Waals surface area contributed by atoms with Crippen molar-refractivity contribution in [2.75, 3.05) is 11.9 Å². The molecule has 1 amide bonds. The minimum Gasteiger partial charge on any atom is -0.450 e. The van der Waals surface area contributed by atoms with Crippen molar-refractivity contribution in [1.82, 2.24) is 0 Å². The molecule has 164 valence electrons. The summed E-state index contributed by atoms with van der Waals surface area (Å²) in [6.45, 7) is -0.467. The second-order valence-electron chi connectivity index (χ2n) is 7.76. The first-order valence-corrected chi connectivity index (χ1v) is 11.8. The number of carbonyl (C=O) groups is 2. The molecule has 1 heterocycles. The van der Waals surface area contributed by atoms with E-state index in [0.717, 1.165) is 10.9 Å². The smallest absolute Gasteiger partial charge is 0.375 e. The van der Waals surface area contributed by atoms with E-state index in [1.165, 1.54) is 32.1 Å². The molecule has 0 aliphatic heterocycles. The number of nitrogens with one attached hydrogen (secondary N) is 1. The molecule has 1 aromatic heterocycles. The third-order valence-corrected chi connectivity index (χ3v) is 6.95. The second-order valence-corrected chi connectivity index (χ2v) is 9.05. The minimum absolute atomic E-state index is 0.153. The topological polar surface area (TPSA) is 92.3 Å². The van der Waals surface area contributed by atoms with Crippen LogP contribution < -0.4 is 5.32 Å².